The third-order valence-corrected chi connectivity index (χ3v) is 6.64. The summed E-state index contributed by atoms with van der Waals surface area (Å²) in [7, 11) is 0. The zero-order valence-electron chi connectivity index (χ0n) is 19.7. The Bertz CT molecular complexity index is 1140. The molecule has 35 heavy (non-hydrogen) atoms. The van der Waals surface area contributed by atoms with Crippen molar-refractivity contribution in [2.75, 3.05) is 32.8 Å². The van der Waals surface area contributed by atoms with E-state index in [1.54, 1.807) is 12.3 Å². The molecule has 1 aromatic heterocycles. The Morgan fingerprint density at radius 3 is 2.40 bits per heavy atom. The molecular weight excluding hydrogens is 444 g/mol. The molecule has 2 aliphatic rings. The number of carbonyl (C=O) groups excluding carboxylic acids is 2. The maximum atomic E-state index is 13.3. The van der Waals surface area contributed by atoms with Crippen LogP contribution in [0.3, 0.4) is 0 Å². The fraction of sp³-hybridized carbons (Fsp3) is 0.357. The van der Waals surface area contributed by atoms with Crippen molar-refractivity contribution in [1.82, 2.24) is 9.80 Å². The standard InChI is InChI=1S/C28H30N2O5/c31-27(30(19-24-7-4-14-33-24)18-21-5-2-1-3-6-21)20-29-12-10-22(11-13-29)28(32)23-8-9-25-26(17-23)35-16-15-34-25/h1-9,14,17,22H,10-13,15-16,18-20H2. The summed E-state index contributed by atoms with van der Waals surface area (Å²) in [5.41, 5.74) is 1.74. The largest absolute Gasteiger partial charge is 0.486 e. The number of rotatable bonds is 8. The third-order valence-electron chi connectivity index (χ3n) is 6.64. The predicted molar refractivity (Wildman–Crippen MR) is 130 cm³/mol. The maximum Gasteiger partial charge on any atom is 0.237 e. The van der Waals surface area contributed by atoms with Crippen molar-refractivity contribution in [1.29, 1.82) is 0 Å². The molecule has 0 unspecified atom stereocenters. The molecule has 0 saturated carbocycles. The lowest BCUT2D eigenvalue weighted by Gasteiger charge is -2.32. The van der Waals surface area contributed by atoms with Crippen LogP contribution in [0, 0.1) is 5.92 Å². The van der Waals surface area contributed by atoms with Crippen molar-refractivity contribution in [3.05, 3.63) is 83.8 Å². The van der Waals surface area contributed by atoms with Crippen LogP contribution in [-0.4, -0.2) is 54.3 Å². The van der Waals surface area contributed by atoms with E-state index in [1.807, 2.05) is 59.5 Å². The van der Waals surface area contributed by atoms with Crippen molar-refractivity contribution in [3.8, 4) is 11.5 Å². The summed E-state index contributed by atoms with van der Waals surface area (Å²) in [6.07, 6.45) is 3.10. The van der Waals surface area contributed by atoms with Crippen LogP contribution >= 0.6 is 0 Å². The van der Waals surface area contributed by atoms with Gasteiger partial charge in [0.15, 0.2) is 17.3 Å². The molecule has 2 aromatic carbocycles. The molecular formula is C28H30N2O5. The molecule has 0 aliphatic carbocycles. The number of Topliss-reactive ketones (excluding diaryl/α,β-unsaturated/α-hetero) is 1. The maximum absolute atomic E-state index is 13.3. The fourth-order valence-corrected chi connectivity index (χ4v) is 4.70. The summed E-state index contributed by atoms with van der Waals surface area (Å²) in [5.74, 6) is 2.24. The number of carbonyl (C=O) groups is 2. The molecule has 0 spiro atoms. The van der Waals surface area contributed by atoms with E-state index in [-0.39, 0.29) is 17.6 Å². The molecule has 182 valence electrons. The molecule has 5 rings (SSSR count). The van der Waals surface area contributed by atoms with Gasteiger partial charge in [-0.05, 0) is 61.8 Å². The van der Waals surface area contributed by atoms with E-state index in [4.69, 9.17) is 13.9 Å². The van der Waals surface area contributed by atoms with Crippen molar-refractivity contribution in [2.24, 2.45) is 5.92 Å². The van der Waals surface area contributed by atoms with E-state index in [0.29, 0.717) is 63.0 Å². The normalized spacial score (nSPS) is 16.1. The number of hydrogen-bond acceptors (Lipinski definition) is 6. The molecule has 7 heteroatoms. The van der Waals surface area contributed by atoms with Gasteiger partial charge in [0, 0.05) is 18.0 Å². The van der Waals surface area contributed by atoms with Crippen LogP contribution in [0.5, 0.6) is 11.5 Å². The van der Waals surface area contributed by atoms with E-state index in [1.165, 1.54) is 0 Å². The number of nitrogens with zero attached hydrogens (tertiary/aromatic N) is 2. The Morgan fingerprint density at radius 1 is 0.886 bits per heavy atom. The number of ketones is 1. The summed E-state index contributed by atoms with van der Waals surface area (Å²) in [4.78, 5) is 30.4. The monoisotopic (exact) mass is 474 g/mol. The minimum absolute atomic E-state index is 0.0487. The van der Waals surface area contributed by atoms with Gasteiger partial charge in [-0.3, -0.25) is 14.5 Å². The highest BCUT2D eigenvalue weighted by molar-refractivity contribution is 5.98. The van der Waals surface area contributed by atoms with Crippen molar-refractivity contribution in [3.63, 3.8) is 0 Å². The van der Waals surface area contributed by atoms with Gasteiger partial charge in [-0.15, -0.1) is 0 Å². The molecule has 7 nitrogen and oxygen atoms in total. The fourth-order valence-electron chi connectivity index (χ4n) is 4.70. The van der Waals surface area contributed by atoms with E-state index in [2.05, 4.69) is 4.90 Å². The first kappa shape index (κ1) is 23.2. The lowest BCUT2D eigenvalue weighted by atomic mass is 9.88. The van der Waals surface area contributed by atoms with Gasteiger partial charge < -0.3 is 18.8 Å². The lowest BCUT2D eigenvalue weighted by molar-refractivity contribution is -0.134. The van der Waals surface area contributed by atoms with Gasteiger partial charge >= 0.3 is 0 Å². The van der Waals surface area contributed by atoms with Crippen LogP contribution in [0.15, 0.2) is 71.3 Å². The number of hydrogen-bond donors (Lipinski definition) is 0. The molecule has 0 atom stereocenters. The molecule has 0 radical (unpaired) electrons. The molecule has 3 heterocycles. The van der Waals surface area contributed by atoms with Crippen molar-refractivity contribution < 1.29 is 23.5 Å². The average molecular weight is 475 g/mol. The Balaban J connectivity index is 1.17. The summed E-state index contributed by atoms with van der Waals surface area (Å²) < 4.78 is 16.7. The number of furan rings is 1. The molecule has 3 aromatic rings. The zero-order chi connectivity index (χ0) is 24.0. The number of benzene rings is 2. The van der Waals surface area contributed by atoms with E-state index < -0.39 is 0 Å². The Kier molecular flexibility index (Phi) is 7.14. The Morgan fingerprint density at radius 2 is 1.66 bits per heavy atom. The van der Waals surface area contributed by atoms with Crippen molar-refractivity contribution >= 4 is 11.7 Å². The van der Waals surface area contributed by atoms with Crippen LogP contribution in [-0.2, 0) is 17.9 Å². The molecule has 0 N–H and O–H groups in total. The predicted octanol–water partition coefficient (Wildman–Crippen LogP) is 4.17. The minimum Gasteiger partial charge on any atom is -0.486 e. The summed E-state index contributed by atoms with van der Waals surface area (Å²) in [6, 6.07) is 19.1. The van der Waals surface area contributed by atoms with Gasteiger partial charge in [0.05, 0.1) is 19.4 Å². The lowest BCUT2D eigenvalue weighted by Crippen LogP contribution is -2.44. The van der Waals surface area contributed by atoms with Crippen LogP contribution in [0.4, 0.5) is 0 Å². The topological polar surface area (TPSA) is 72.2 Å². The molecule has 1 fully saturated rings. The highest BCUT2D eigenvalue weighted by atomic mass is 16.6. The first-order chi connectivity index (χ1) is 17.2. The smallest absolute Gasteiger partial charge is 0.237 e. The van der Waals surface area contributed by atoms with Crippen LogP contribution in [0.2, 0.25) is 0 Å². The Labute approximate surface area is 205 Å². The first-order valence-corrected chi connectivity index (χ1v) is 12.2. The second-order valence-corrected chi connectivity index (χ2v) is 9.09. The van der Waals surface area contributed by atoms with E-state index in [0.717, 1.165) is 24.2 Å². The number of fused-ring (bicyclic) bond motifs is 1. The quantitative estimate of drug-likeness (QED) is 0.456. The number of amides is 1. The highest BCUT2D eigenvalue weighted by Crippen LogP contribution is 2.32. The summed E-state index contributed by atoms with van der Waals surface area (Å²) >= 11 is 0. The number of piperidine rings is 1. The van der Waals surface area contributed by atoms with Gasteiger partial charge in [0.25, 0.3) is 0 Å². The summed E-state index contributed by atoms with van der Waals surface area (Å²) in [5, 5.41) is 0. The molecule has 1 amide bonds. The van der Waals surface area contributed by atoms with Gasteiger partial charge in [-0.2, -0.15) is 0 Å². The van der Waals surface area contributed by atoms with Gasteiger partial charge in [-0.1, -0.05) is 30.3 Å². The van der Waals surface area contributed by atoms with E-state index >= 15 is 0 Å². The number of likely N-dealkylation sites (tertiary alicyclic amines) is 1. The van der Waals surface area contributed by atoms with Gasteiger partial charge in [-0.25, -0.2) is 0 Å². The Hall–Kier alpha value is -3.58. The molecule has 0 bridgehead atoms. The second-order valence-electron chi connectivity index (χ2n) is 9.09. The summed E-state index contributed by atoms with van der Waals surface area (Å²) in [6.45, 7) is 3.75. The minimum atomic E-state index is -0.0487. The molecule has 2 aliphatic heterocycles. The number of ether oxygens (including phenoxy) is 2. The van der Waals surface area contributed by atoms with E-state index in [9.17, 15) is 9.59 Å². The second kappa shape index (κ2) is 10.8. The van der Waals surface area contributed by atoms with Crippen LogP contribution in [0.25, 0.3) is 0 Å². The first-order valence-electron chi connectivity index (χ1n) is 12.2. The SMILES string of the molecule is O=C(c1ccc2c(c1)OCCO2)C1CCN(CC(=O)N(Cc2ccccc2)Cc2ccco2)CC1. The van der Waals surface area contributed by atoms with Crippen LogP contribution in [0.1, 0.15) is 34.5 Å². The molecule has 1 saturated heterocycles. The zero-order valence-corrected chi connectivity index (χ0v) is 19.7. The average Bonchev–Trinajstić information content (AvgIpc) is 3.42. The highest BCUT2D eigenvalue weighted by Gasteiger charge is 2.28. The van der Waals surface area contributed by atoms with Gasteiger partial charge in [0.1, 0.15) is 19.0 Å². The third kappa shape index (κ3) is 5.74. The van der Waals surface area contributed by atoms with Crippen molar-refractivity contribution in [2.45, 2.75) is 25.9 Å². The van der Waals surface area contributed by atoms with Crippen LogP contribution < -0.4 is 9.47 Å². The van der Waals surface area contributed by atoms with Gasteiger partial charge in [0.2, 0.25) is 5.91 Å².